The van der Waals surface area contributed by atoms with Crippen LogP contribution in [0.5, 0.6) is 0 Å². The third-order valence-electron chi connectivity index (χ3n) is 9.02. The van der Waals surface area contributed by atoms with Gasteiger partial charge in [-0.3, -0.25) is 9.69 Å². The summed E-state index contributed by atoms with van der Waals surface area (Å²) in [4.78, 5) is 33.9. The van der Waals surface area contributed by atoms with Crippen LogP contribution in [0.1, 0.15) is 40.0 Å². The molecule has 1 amide bonds. The Balaban J connectivity index is 1.04. The molecule has 8 nitrogen and oxygen atoms in total. The van der Waals surface area contributed by atoms with E-state index in [1.54, 1.807) is 48.8 Å². The first-order valence-corrected chi connectivity index (χ1v) is 16.5. The van der Waals surface area contributed by atoms with Gasteiger partial charge in [0.2, 0.25) is 5.95 Å². The highest BCUT2D eigenvalue weighted by Gasteiger charge is 2.27. The molecule has 0 atom stereocenters. The van der Waals surface area contributed by atoms with Crippen LogP contribution in [0.25, 0.3) is 11.1 Å². The van der Waals surface area contributed by atoms with Gasteiger partial charge in [-0.05, 0) is 73.8 Å². The van der Waals surface area contributed by atoms with Gasteiger partial charge in [0.25, 0.3) is 5.91 Å². The molecule has 3 aromatic rings. The number of nitrogens with one attached hydrogen (secondary N) is 1. The van der Waals surface area contributed by atoms with Crippen LogP contribution < -0.4 is 5.32 Å². The standard InChI is InChI=1S/C35H34Cl2FN7O/c36-30-19-24(8-10-27(30)34(46)45-17-15-44(16-18-45)14-13-43-11-3-4-12-43)41-35-40-21-23-7-9-25-28(26-5-1-2-6-31(26)38)20-32(37)39-22-29(25)33(23)42-35/h1-2,5-6,8-10,19-22H,3-4,7,11-18H2,(H,40,41,42). The number of amides is 1. The molecule has 1 aliphatic carbocycles. The molecule has 0 saturated carbocycles. The van der Waals surface area contributed by atoms with Crippen molar-refractivity contribution < 1.29 is 9.18 Å². The minimum Gasteiger partial charge on any atom is -0.336 e. The summed E-state index contributed by atoms with van der Waals surface area (Å²) in [6, 6.07) is 11.9. The third kappa shape index (κ3) is 6.51. The number of benzene rings is 2. The summed E-state index contributed by atoms with van der Waals surface area (Å²) in [5.74, 6) is -0.0413. The highest BCUT2D eigenvalue weighted by atomic mass is 35.5. The topological polar surface area (TPSA) is 77.0 Å². The van der Waals surface area contributed by atoms with Crippen molar-refractivity contribution in [3.05, 3.63) is 106 Å². The lowest BCUT2D eigenvalue weighted by molar-refractivity contribution is 0.0627. The second-order valence-corrected chi connectivity index (χ2v) is 12.7. The fourth-order valence-corrected chi connectivity index (χ4v) is 6.90. The molecule has 11 heteroatoms. The number of aliphatic imine (C=N–C) groups is 1. The van der Waals surface area contributed by atoms with Crippen LogP contribution in [-0.2, 0) is 6.42 Å². The highest BCUT2D eigenvalue weighted by molar-refractivity contribution is 6.69. The van der Waals surface area contributed by atoms with Crippen LogP contribution in [0.4, 0.5) is 16.0 Å². The van der Waals surface area contributed by atoms with Gasteiger partial charge >= 0.3 is 0 Å². The molecule has 0 bridgehead atoms. The van der Waals surface area contributed by atoms with E-state index in [9.17, 15) is 9.18 Å². The van der Waals surface area contributed by atoms with E-state index < -0.39 is 0 Å². The molecule has 2 fully saturated rings. The quantitative estimate of drug-likeness (QED) is 0.316. The van der Waals surface area contributed by atoms with Gasteiger partial charge in [-0.15, -0.1) is 0 Å². The molecule has 2 saturated heterocycles. The number of allylic oxidation sites excluding steroid dienone is 5. The van der Waals surface area contributed by atoms with E-state index in [0.29, 0.717) is 58.6 Å². The molecule has 2 aromatic carbocycles. The number of rotatable bonds is 7. The first kappa shape index (κ1) is 30.7. The van der Waals surface area contributed by atoms with E-state index >= 15 is 0 Å². The van der Waals surface area contributed by atoms with Crippen molar-refractivity contribution in [1.82, 2.24) is 24.7 Å². The van der Waals surface area contributed by atoms with Gasteiger partial charge in [0, 0.05) is 74.1 Å². The minimum atomic E-state index is -0.342. The molecule has 3 aliphatic heterocycles. The van der Waals surface area contributed by atoms with Gasteiger partial charge in [0.05, 0.1) is 16.3 Å². The number of nitrogens with zero attached hydrogens (tertiary/aromatic N) is 6. The first-order valence-electron chi connectivity index (χ1n) is 15.7. The Labute approximate surface area is 277 Å². The summed E-state index contributed by atoms with van der Waals surface area (Å²) in [5, 5.41) is 3.84. The molecule has 46 heavy (non-hydrogen) atoms. The Hall–Kier alpha value is -3.89. The predicted octanol–water partition coefficient (Wildman–Crippen LogP) is 6.42. The molecule has 4 heterocycles. The number of halogens is 3. The van der Waals surface area contributed by atoms with Crippen molar-refractivity contribution in [3.8, 4) is 0 Å². The van der Waals surface area contributed by atoms with Gasteiger partial charge in [0.15, 0.2) is 0 Å². The lowest BCUT2D eigenvalue weighted by Gasteiger charge is -2.35. The lowest BCUT2D eigenvalue weighted by Crippen LogP contribution is -2.50. The predicted molar refractivity (Wildman–Crippen MR) is 182 cm³/mol. The average molecular weight is 659 g/mol. The number of carbonyl (C=O) groups is 1. The van der Waals surface area contributed by atoms with Crippen molar-refractivity contribution >= 4 is 57.1 Å². The van der Waals surface area contributed by atoms with Crippen molar-refractivity contribution in [2.45, 2.75) is 19.3 Å². The molecule has 0 unspecified atom stereocenters. The molecular weight excluding hydrogens is 624 g/mol. The van der Waals surface area contributed by atoms with Crippen LogP contribution in [0.15, 0.2) is 77.6 Å². The van der Waals surface area contributed by atoms with Crippen molar-refractivity contribution in [2.24, 2.45) is 4.99 Å². The molecule has 0 radical (unpaired) electrons. The monoisotopic (exact) mass is 657 g/mol. The van der Waals surface area contributed by atoms with E-state index in [1.165, 1.54) is 32.0 Å². The summed E-state index contributed by atoms with van der Waals surface area (Å²) in [6.45, 7) is 7.68. The molecule has 7 rings (SSSR count). The maximum atomic E-state index is 14.9. The smallest absolute Gasteiger partial charge is 0.255 e. The normalized spacial score (nSPS) is 18.5. The maximum Gasteiger partial charge on any atom is 0.255 e. The molecule has 236 valence electrons. The Morgan fingerprint density at radius 2 is 1.67 bits per heavy atom. The number of hydrogen-bond donors (Lipinski definition) is 1. The van der Waals surface area contributed by atoms with Gasteiger partial charge in [-0.1, -0.05) is 47.5 Å². The van der Waals surface area contributed by atoms with Crippen LogP contribution >= 0.6 is 23.2 Å². The van der Waals surface area contributed by atoms with Crippen LogP contribution in [0, 0.1) is 5.82 Å². The van der Waals surface area contributed by atoms with Gasteiger partial charge < -0.3 is 15.1 Å². The van der Waals surface area contributed by atoms with Gasteiger partial charge in [-0.25, -0.2) is 19.4 Å². The van der Waals surface area contributed by atoms with E-state index in [0.717, 1.165) is 42.9 Å². The third-order valence-corrected chi connectivity index (χ3v) is 9.54. The van der Waals surface area contributed by atoms with Crippen molar-refractivity contribution in [2.75, 3.05) is 57.7 Å². The van der Waals surface area contributed by atoms with Gasteiger partial charge in [0.1, 0.15) is 11.0 Å². The minimum absolute atomic E-state index is 0.0571. The van der Waals surface area contributed by atoms with E-state index in [2.05, 4.69) is 25.1 Å². The van der Waals surface area contributed by atoms with Crippen LogP contribution in [0.3, 0.4) is 0 Å². The number of fused-ring (bicyclic) bond motifs is 3. The Kier molecular flexibility index (Phi) is 8.99. The van der Waals surface area contributed by atoms with E-state index in [-0.39, 0.29) is 16.9 Å². The number of likely N-dealkylation sites (tertiary alicyclic amines) is 1. The molecule has 1 aromatic heterocycles. The zero-order chi connectivity index (χ0) is 31.6. The fraction of sp³-hybridized carbons (Fsp3) is 0.314. The van der Waals surface area contributed by atoms with E-state index in [4.69, 9.17) is 28.2 Å². The molecule has 0 spiro atoms. The number of anilines is 2. The van der Waals surface area contributed by atoms with Crippen LogP contribution in [-0.4, -0.2) is 88.1 Å². The Morgan fingerprint density at radius 1 is 0.913 bits per heavy atom. The molecule has 1 N–H and O–H groups in total. The highest BCUT2D eigenvalue weighted by Crippen LogP contribution is 2.41. The summed E-state index contributed by atoms with van der Waals surface area (Å²) in [6.07, 6.45) is 10.3. The number of carbonyl (C=O) groups excluding carboxylic acids is 1. The number of piperazine rings is 1. The zero-order valence-electron chi connectivity index (χ0n) is 25.4. The summed E-state index contributed by atoms with van der Waals surface area (Å²) in [5.41, 5.74) is 5.35. The summed E-state index contributed by atoms with van der Waals surface area (Å²) in [7, 11) is 0. The van der Waals surface area contributed by atoms with Crippen molar-refractivity contribution in [1.29, 1.82) is 0 Å². The maximum absolute atomic E-state index is 14.9. The number of hydrogen-bond acceptors (Lipinski definition) is 7. The summed E-state index contributed by atoms with van der Waals surface area (Å²) >= 11 is 13.0. The summed E-state index contributed by atoms with van der Waals surface area (Å²) < 4.78 is 14.9. The fourth-order valence-electron chi connectivity index (χ4n) is 6.48. The largest absolute Gasteiger partial charge is 0.336 e. The second kappa shape index (κ2) is 13.5. The first-order chi connectivity index (χ1) is 22.4. The number of aromatic nitrogens is 2. The Morgan fingerprint density at radius 3 is 2.43 bits per heavy atom. The van der Waals surface area contributed by atoms with Gasteiger partial charge in [-0.2, -0.15) is 0 Å². The lowest BCUT2D eigenvalue weighted by atomic mass is 9.85. The molecular formula is C35H34Cl2FN7O. The Bertz CT molecular complexity index is 1790. The van der Waals surface area contributed by atoms with Crippen molar-refractivity contribution in [3.63, 3.8) is 0 Å². The second-order valence-electron chi connectivity index (χ2n) is 11.9. The molecule has 4 aliphatic rings. The average Bonchev–Trinajstić information content (AvgIpc) is 3.53. The van der Waals surface area contributed by atoms with E-state index in [1.807, 2.05) is 17.0 Å². The zero-order valence-corrected chi connectivity index (χ0v) is 26.9. The van der Waals surface area contributed by atoms with Crippen LogP contribution in [0.2, 0.25) is 5.02 Å². The SMILES string of the molecule is O=C(c1ccc(Nc2ncc3c(n2)C2=CN=C(Cl)C=C(c4ccccc4F)C2=CC3)cc1Cl)N1CCN(CCN2CCCC2)CC1.